The monoisotopic (exact) mass is 272 g/mol. The van der Waals surface area contributed by atoms with Gasteiger partial charge in [0.05, 0.1) is 18.6 Å². The molecule has 3 atom stereocenters. The number of hydrogen-bond acceptors (Lipinski definition) is 3. The van der Waals surface area contributed by atoms with Gasteiger partial charge in [-0.25, -0.2) is 4.79 Å². The first kappa shape index (κ1) is 15.8. The van der Waals surface area contributed by atoms with Crippen LogP contribution in [0.25, 0.3) is 0 Å². The first-order valence-corrected chi connectivity index (χ1v) is 6.70. The van der Waals surface area contributed by atoms with Gasteiger partial charge in [-0.05, 0) is 26.2 Å². The van der Waals surface area contributed by atoms with Crippen LogP contribution in [0.3, 0.4) is 0 Å². The maximum absolute atomic E-state index is 12.0. The van der Waals surface area contributed by atoms with E-state index in [-0.39, 0.29) is 24.0 Å². The van der Waals surface area contributed by atoms with Gasteiger partial charge in [0, 0.05) is 20.2 Å². The third-order valence-electron chi connectivity index (χ3n) is 3.74. The van der Waals surface area contributed by atoms with Gasteiger partial charge in [0.2, 0.25) is 0 Å². The molecule has 0 saturated heterocycles. The Labute approximate surface area is 114 Å². The molecular formula is C13H24N2O4. The summed E-state index contributed by atoms with van der Waals surface area (Å²) >= 11 is 0. The quantitative estimate of drug-likeness (QED) is 0.791. The normalized spacial score (nSPS) is 24.6. The molecule has 6 nitrogen and oxygen atoms in total. The lowest BCUT2D eigenvalue weighted by atomic mass is 9.86. The van der Waals surface area contributed by atoms with Crippen LogP contribution in [0.2, 0.25) is 0 Å². The number of carboxylic acid groups (broad SMARTS) is 1. The molecule has 3 unspecified atom stereocenters. The Morgan fingerprint density at radius 3 is 2.74 bits per heavy atom. The van der Waals surface area contributed by atoms with E-state index in [4.69, 9.17) is 9.84 Å². The largest absolute Gasteiger partial charge is 0.481 e. The summed E-state index contributed by atoms with van der Waals surface area (Å²) in [5.41, 5.74) is 0. The van der Waals surface area contributed by atoms with Crippen LogP contribution in [0.15, 0.2) is 0 Å². The summed E-state index contributed by atoms with van der Waals surface area (Å²) in [4.78, 5) is 24.6. The van der Waals surface area contributed by atoms with E-state index in [9.17, 15) is 9.59 Å². The van der Waals surface area contributed by atoms with Gasteiger partial charge in [0.1, 0.15) is 0 Å². The van der Waals surface area contributed by atoms with Gasteiger partial charge in [0.25, 0.3) is 0 Å². The summed E-state index contributed by atoms with van der Waals surface area (Å²) in [6.45, 7) is 2.39. The molecule has 0 aliphatic heterocycles. The van der Waals surface area contributed by atoms with E-state index in [1.54, 1.807) is 19.1 Å². The minimum atomic E-state index is -0.764. The van der Waals surface area contributed by atoms with Crippen LogP contribution in [-0.2, 0) is 9.53 Å². The van der Waals surface area contributed by atoms with E-state index < -0.39 is 5.97 Å². The molecule has 1 aliphatic carbocycles. The van der Waals surface area contributed by atoms with Crippen molar-refractivity contribution < 1.29 is 19.4 Å². The van der Waals surface area contributed by atoms with Crippen molar-refractivity contribution in [1.82, 2.24) is 10.2 Å². The smallest absolute Gasteiger partial charge is 0.317 e. The molecule has 0 aromatic carbocycles. The number of aliphatic carboxylic acids is 1. The van der Waals surface area contributed by atoms with Crippen molar-refractivity contribution in [1.29, 1.82) is 0 Å². The number of methoxy groups -OCH3 is 1. The SMILES string of the molecule is COCC(C)N(C)C(=O)NC1CCCC(C(=O)O)C1. The lowest BCUT2D eigenvalue weighted by Crippen LogP contribution is -2.49. The number of rotatable bonds is 5. The summed E-state index contributed by atoms with van der Waals surface area (Å²) in [7, 11) is 3.32. The minimum absolute atomic E-state index is 0.0103. The molecule has 19 heavy (non-hydrogen) atoms. The van der Waals surface area contributed by atoms with Gasteiger partial charge < -0.3 is 20.1 Å². The second-order valence-electron chi connectivity index (χ2n) is 5.26. The first-order valence-electron chi connectivity index (χ1n) is 6.70. The number of carbonyl (C=O) groups excluding carboxylic acids is 1. The molecule has 6 heteroatoms. The van der Waals surface area contributed by atoms with Crippen LogP contribution in [0.5, 0.6) is 0 Å². The van der Waals surface area contributed by atoms with Crippen LogP contribution < -0.4 is 5.32 Å². The van der Waals surface area contributed by atoms with E-state index in [2.05, 4.69) is 5.32 Å². The molecule has 2 amide bonds. The van der Waals surface area contributed by atoms with Crippen LogP contribution in [0, 0.1) is 5.92 Å². The zero-order valence-corrected chi connectivity index (χ0v) is 11.9. The third-order valence-corrected chi connectivity index (χ3v) is 3.74. The van der Waals surface area contributed by atoms with Crippen molar-refractivity contribution in [2.75, 3.05) is 20.8 Å². The number of likely N-dealkylation sites (N-methyl/N-ethyl adjacent to an activating group) is 1. The molecule has 1 aliphatic rings. The predicted octanol–water partition coefficient (Wildman–Crippen LogP) is 1.31. The topological polar surface area (TPSA) is 78.9 Å². The first-order chi connectivity index (χ1) is 8.95. The Morgan fingerprint density at radius 2 is 2.16 bits per heavy atom. The summed E-state index contributed by atoms with van der Waals surface area (Å²) in [5.74, 6) is -1.10. The predicted molar refractivity (Wildman–Crippen MR) is 71.0 cm³/mol. The number of urea groups is 1. The van der Waals surface area contributed by atoms with Gasteiger partial charge >= 0.3 is 12.0 Å². The Balaban J connectivity index is 2.45. The zero-order chi connectivity index (χ0) is 14.4. The van der Waals surface area contributed by atoms with E-state index >= 15 is 0 Å². The Kier molecular flexibility index (Phi) is 6.08. The molecule has 0 radical (unpaired) electrons. The highest BCUT2D eigenvalue weighted by Gasteiger charge is 2.28. The molecule has 0 spiro atoms. The summed E-state index contributed by atoms with van der Waals surface area (Å²) in [5, 5.41) is 11.9. The van der Waals surface area contributed by atoms with Crippen molar-refractivity contribution in [3.8, 4) is 0 Å². The maximum atomic E-state index is 12.0. The van der Waals surface area contributed by atoms with Gasteiger partial charge in [-0.3, -0.25) is 4.79 Å². The number of amides is 2. The lowest BCUT2D eigenvalue weighted by molar-refractivity contribution is -0.143. The lowest BCUT2D eigenvalue weighted by Gasteiger charge is -2.31. The van der Waals surface area contributed by atoms with Crippen LogP contribution >= 0.6 is 0 Å². The van der Waals surface area contributed by atoms with Crippen molar-refractivity contribution in [3.63, 3.8) is 0 Å². The minimum Gasteiger partial charge on any atom is -0.481 e. The average Bonchev–Trinajstić information content (AvgIpc) is 2.38. The molecule has 0 aromatic rings. The summed E-state index contributed by atoms with van der Waals surface area (Å²) in [6.07, 6.45) is 2.92. The fraction of sp³-hybridized carbons (Fsp3) is 0.846. The third kappa shape index (κ3) is 4.70. The van der Waals surface area contributed by atoms with Crippen molar-refractivity contribution in [3.05, 3.63) is 0 Å². The number of carbonyl (C=O) groups is 2. The number of nitrogens with zero attached hydrogens (tertiary/aromatic N) is 1. The number of nitrogens with one attached hydrogen (secondary N) is 1. The fourth-order valence-electron chi connectivity index (χ4n) is 2.37. The van der Waals surface area contributed by atoms with E-state index in [0.717, 1.165) is 12.8 Å². The molecule has 1 fully saturated rings. The van der Waals surface area contributed by atoms with Crippen LogP contribution in [0.1, 0.15) is 32.6 Å². The van der Waals surface area contributed by atoms with Crippen LogP contribution in [0.4, 0.5) is 4.79 Å². The van der Waals surface area contributed by atoms with Crippen molar-refractivity contribution in [2.45, 2.75) is 44.7 Å². The fourth-order valence-corrected chi connectivity index (χ4v) is 2.37. The average molecular weight is 272 g/mol. The molecule has 0 aromatic heterocycles. The van der Waals surface area contributed by atoms with Gasteiger partial charge in [-0.15, -0.1) is 0 Å². The maximum Gasteiger partial charge on any atom is 0.317 e. The van der Waals surface area contributed by atoms with Gasteiger partial charge in [0.15, 0.2) is 0 Å². The van der Waals surface area contributed by atoms with Crippen molar-refractivity contribution >= 4 is 12.0 Å². The van der Waals surface area contributed by atoms with E-state index in [0.29, 0.717) is 19.4 Å². The summed E-state index contributed by atoms with van der Waals surface area (Å²) < 4.78 is 5.01. The number of carboxylic acids is 1. The summed E-state index contributed by atoms with van der Waals surface area (Å²) in [6, 6.07) is -0.219. The highest BCUT2D eigenvalue weighted by Crippen LogP contribution is 2.24. The molecular weight excluding hydrogens is 248 g/mol. The highest BCUT2D eigenvalue weighted by atomic mass is 16.5. The molecule has 0 heterocycles. The molecule has 110 valence electrons. The molecule has 2 N–H and O–H groups in total. The van der Waals surface area contributed by atoms with E-state index in [1.165, 1.54) is 0 Å². The highest BCUT2D eigenvalue weighted by molar-refractivity contribution is 5.75. The second kappa shape index (κ2) is 7.33. The Morgan fingerprint density at radius 1 is 1.47 bits per heavy atom. The van der Waals surface area contributed by atoms with Crippen LogP contribution in [-0.4, -0.2) is 54.9 Å². The van der Waals surface area contributed by atoms with Crippen molar-refractivity contribution in [2.24, 2.45) is 5.92 Å². The molecule has 1 saturated carbocycles. The van der Waals surface area contributed by atoms with E-state index in [1.807, 2.05) is 6.92 Å². The number of ether oxygens (including phenoxy) is 1. The molecule has 0 bridgehead atoms. The standard InChI is InChI=1S/C13H24N2O4/c1-9(8-19-3)15(2)13(18)14-11-6-4-5-10(7-11)12(16)17/h9-11H,4-8H2,1-3H3,(H,14,18)(H,16,17). The number of hydrogen-bond donors (Lipinski definition) is 2. The van der Waals surface area contributed by atoms with Gasteiger partial charge in [-0.2, -0.15) is 0 Å². The van der Waals surface area contributed by atoms with Gasteiger partial charge in [-0.1, -0.05) is 6.42 Å². The second-order valence-corrected chi connectivity index (χ2v) is 5.26. The molecule has 1 rings (SSSR count). The Bertz CT molecular complexity index is 322. The zero-order valence-electron chi connectivity index (χ0n) is 11.9. The Hall–Kier alpha value is -1.30.